The first kappa shape index (κ1) is 21.4. The van der Waals surface area contributed by atoms with Crippen LogP contribution in [0.15, 0.2) is 66.7 Å². The van der Waals surface area contributed by atoms with Crippen molar-refractivity contribution in [2.24, 2.45) is 0 Å². The van der Waals surface area contributed by atoms with Gasteiger partial charge in [-0.05, 0) is 66.1 Å². The summed E-state index contributed by atoms with van der Waals surface area (Å²) in [7, 11) is 0. The number of anilines is 1. The largest absolute Gasteiger partial charge is 0.482 e. The van der Waals surface area contributed by atoms with Gasteiger partial charge >= 0.3 is 0 Å². The molecule has 0 spiro atoms. The third-order valence-corrected chi connectivity index (χ3v) is 4.75. The molecule has 0 bridgehead atoms. The maximum absolute atomic E-state index is 12.1. The highest BCUT2D eigenvalue weighted by atomic mass is 35.5. The quantitative estimate of drug-likeness (QED) is 0.359. The molecule has 3 aromatic carbocycles. The summed E-state index contributed by atoms with van der Waals surface area (Å²) in [6.45, 7) is 1.78. The van der Waals surface area contributed by atoms with Gasteiger partial charge in [0.05, 0.1) is 16.7 Å². The number of hydrogen-bond acceptors (Lipinski definition) is 3. The van der Waals surface area contributed by atoms with Gasteiger partial charge in [-0.1, -0.05) is 53.5 Å². The van der Waals surface area contributed by atoms with E-state index in [0.29, 0.717) is 27.1 Å². The summed E-state index contributed by atoms with van der Waals surface area (Å²) in [4.78, 5) is 12.1. The number of amides is 1. The molecule has 0 atom stereocenters. The van der Waals surface area contributed by atoms with Gasteiger partial charge in [0.15, 0.2) is 6.61 Å². The number of benzene rings is 3. The third-order valence-electron chi connectivity index (χ3n) is 4.20. The molecule has 0 aliphatic carbocycles. The maximum atomic E-state index is 12.1. The van der Waals surface area contributed by atoms with E-state index in [4.69, 9.17) is 27.9 Å². The highest BCUT2D eigenvalue weighted by Gasteiger charge is 2.08. The molecular formula is C24H18Cl2N2O2. The van der Waals surface area contributed by atoms with Crippen LogP contribution in [0.5, 0.6) is 5.75 Å². The Morgan fingerprint density at radius 1 is 1.10 bits per heavy atom. The second kappa shape index (κ2) is 9.98. The van der Waals surface area contributed by atoms with E-state index in [-0.39, 0.29) is 12.5 Å². The summed E-state index contributed by atoms with van der Waals surface area (Å²) >= 11 is 12.2. The molecule has 0 aliphatic rings. The molecule has 6 heteroatoms. The summed E-state index contributed by atoms with van der Waals surface area (Å²) in [5, 5.41) is 13.2. The van der Waals surface area contributed by atoms with Crippen molar-refractivity contribution in [3.8, 4) is 11.8 Å². The molecule has 1 N–H and O–H groups in total. The van der Waals surface area contributed by atoms with E-state index in [0.717, 1.165) is 16.7 Å². The molecule has 3 aromatic rings. The predicted octanol–water partition coefficient (Wildman–Crippen LogP) is 6.38. The van der Waals surface area contributed by atoms with Gasteiger partial charge in [0, 0.05) is 10.7 Å². The van der Waals surface area contributed by atoms with Crippen molar-refractivity contribution in [2.75, 3.05) is 11.9 Å². The highest BCUT2D eigenvalue weighted by molar-refractivity contribution is 6.32. The fourth-order valence-corrected chi connectivity index (χ4v) is 3.13. The van der Waals surface area contributed by atoms with Gasteiger partial charge in [-0.3, -0.25) is 4.79 Å². The van der Waals surface area contributed by atoms with Gasteiger partial charge in [0.25, 0.3) is 5.91 Å². The molecule has 0 radical (unpaired) electrons. The Balaban J connectivity index is 1.66. The summed E-state index contributed by atoms with van der Waals surface area (Å²) in [5.74, 6) is 0.105. The van der Waals surface area contributed by atoms with Crippen molar-refractivity contribution in [1.29, 1.82) is 5.26 Å². The fraction of sp³-hybridized carbons (Fsp3) is 0.0833. The molecular weight excluding hydrogens is 419 g/mol. The number of aryl methyl sites for hydroxylation is 1. The van der Waals surface area contributed by atoms with E-state index in [1.807, 2.05) is 31.2 Å². The molecule has 0 unspecified atom stereocenters. The molecule has 0 aromatic heterocycles. The number of hydrogen-bond donors (Lipinski definition) is 1. The maximum Gasteiger partial charge on any atom is 0.262 e. The first-order valence-electron chi connectivity index (χ1n) is 9.11. The van der Waals surface area contributed by atoms with Crippen LogP contribution in [-0.4, -0.2) is 12.5 Å². The molecule has 0 saturated heterocycles. The molecule has 0 saturated carbocycles. The number of nitrogens with zero attached hydrogens (tertiary/aromatic N) is 1. The topological polar surface area (TPSA) is 62.1 Å². The van der Waals surface area contributed by atoms with E-state index in [1.165, 1.54) is 0 Å². The van der Waals surface area contributed by atoms with Gasteiger partial charge in [0.1, 0.15) is 5.75 Å². The smallest absolute Gasteiger partial charge is 0.262 e. The zero-order valence-electron chi connectivity index (χ0n) is 16.2. The number of carbonyl (C=O) groups is 1. The van der Waals surface area contributed by atoms with Gasteiger partial charge in [0.2, 0.25) is 0 Å². The summed E-state index contributed by atoms with van der Waals surface area (Å²) in [6, 6.07) is 21.8. The lowest BCUT2D eigenvalue weighted by Gasteiger charge is -2.10. The lowest BCUT2D eigenvalue weighted by Crippen LogP contribution is -2.20. The van der Waals surface area contributed by atoms with Crippen LogP contribution in [0, 0.1) is 18.3 Å². The van der Waals surface area contributed by atoms with Crippen LogP contribution in [0.1, 0.15) is 16.7 Å². The molecule has 1 amide bonds. The van der Waals surface area contributed by atoms with Crippen molar-refractivity contribution < 1.29 is 9.53 Å². The number of nitrogens with one attached hydrogen (secondary N) is 1. The standard InChI is InChI=1S/C24H18Cl2N2O2/c1-16-3-2-4-21(11-16)28-24(29)15-30-23-10-5-17(13-22(23)26)12-19(14-27)18-6-8-20(25)9-7-18/h2-13H,15H2,1H3,(H,28,29)/b19-12+. The Hall–Kier alpha value is -3.26. The molecule has 150 valence electrons. The molecule has 0 fully saturated rings. The van der Waals surface area contributed by atoms with Gasteiger partial charge in [-0.2, -0.15) is 5.26 Å². The SMILES string of the molecule is Cc1cccc(NC(=O)COc2ccc(/C=C(\C#N)c3ccc(Cl)cc3)cc2Cl)c1. The van der Waals surface area contributed by atoms with Crippen molar-refractivity contribution in [2.45, 2.75) is 6.92 Å². The molecule has 4 nitrogen and oxygen atoms in total. The van der Waals surface area contributed by atoms with Crippen LogP contribution in [-0.2, 0) is 4.79 Å². The predicted molar refractivity (Wildman–Crippen MR) is 122 cm³/mol. The minimum Gasteiger partial charge on any atom is -0.482 e. The van der Waals surface area contributed by atoms with Crippen LogP contribution in [0.3, 0.4) is 0 Å². The third kappa shape index (κ3) is 5.87. The van der Waals surface area contributed by atoms with E-state index >= 15 is 0 Å². The van der Waals surface area contributed by atoms with E-state index in [9.17, 15) is 10.1 Å². The number of rotatable bonds is 6. The molecule has 0 aliphatic heterocycles. The van der Waals surface area contributed by atoms with E-state index in [2.05, 4.69) is 11.4 Å². The van der Waals surface area contributed by atoms with Crippen molar-refractivity contribution in [3.05, 3.63) is 93.5 Å². The van der Waals surface area contributed by atoms with Crippen molar-refractivity contribution >= 4 is 46.4 Å². The molecule has 30 heavy (non-hydrogen) atoms. The van der Waals surface area contributed by atoms with Crippen LogP contribution >= 0.6 is 23.2 Å². The molecule has 0 heterocycles. The van der Waals surface area contributed by atoms with Crippen molar-refractivity contribution in [1.82, 2.24) is 0 Å². The zero-order chi connectivity index (χ0) is 21.5. The first-order chi connectivity index (χ1) is 14.4. The normalized spacial score (nSPS) is 10.9. The average Bonchev–Trinajstić information content (AvgIpc) is 2.72. The van der Waals surface area contributed by atoms with Gasteiger partial charge < -0.3 is 10.1 Å². The Kier molecular flexibility index (Phi) is 7.13. The van der Waals surface area contributed by atoms with Crippen LogP contribution in [0.25, 0.3) is 11.6 Å². The Labute approximate surface area is 185 Å². The fourth-order valence-electron chi connectivity index (χ4n) is 2.76. The minimum atomic E-state index is -0.282. The Morgan fingerprint density at radius 2 is 1.87 bits per heavy atom. The lowest BCUT2D eigenvalue weighted by molar-refractivity contribution is -0.118. The highest BCUT2D eigenvalue weighted by Crippen LogP contribution is 2.28. The van der Waals surface area contributed by atoms with Gasteiger partial charge in [-0.15, -0.1) is 0 Å². The Bertz CT molecular complexity index is 1130. The first-order valence-corrected chi connectivity index (χ1v) is 9.87. The van der Waals surface area contributed by atoms with Crippen molar-refractivity contribution in [3.63, 3.8) is 0 Å². The molecule has 3 rings (SSSR count). The summed E-state index contributed by atoms with van der Waals surface area (Å²) < 4.78 is 5.54. The van der Waals surface area contributed by atoms with Crippen LogP contribution in [0.4, 0.5) is 5.69 Å². The minimum absolute atomic E-state index is 0.170. The summed E-state index contributed by atoms with van der Waals surface area (Å²) in [5.41, 5.74) is 3.74. The number of ether oxygens (including phenoxy) is 1. The van der Waals surface area contributed by atoms with E-state index < -0.39 is 0 Å². The monoisotopic (exact) mass is 436 g/mol. The summed E-state index contributed by atoms with van der Waals surface area (Å²) in [6.07, 6.45) is 1.73. The average molecular weight is 437 g/mol. The van der Waals surface area contributed by atoms with Gasteiger partial charge in [-0.25, -0.2) is 0 Å². The number of halogens is 2. The zero-order valence-corrected chi connectivity index (χ0v) is 17.7. The number of allylic oxidation sites excluding steroid dienone is 1. The van der Waals surface area contributed by atoms with Crippen LogP contribution in [0.2, 0.25) is 10.0 Å². The van der Waals surface area contributed by atoms with E-state index in [1.54, 1.807) is 48.5 Å². The lowest BCUT2D eigenvalue weighted by atomic mass is 10.0. The second-order valence-corrected chi connectivity index (χ2v) is 7.42. The Morgan fingerprint density at radius 3 is 2.53 bits per heavy atom. The van der Waals surface area contributed by atoms with Crippen LogP contribution < -0.4 is 10.1 Å². The second-order valence-electron chi connectivity index (χ2n) is 6.57. The number of nitriles is 1. The number of carbonyl (C=O) groups excluding carboxylic acids is 1.